The van der Waals surface area contributed by atoms with E-state index in [0.29, 0.717) is 11.1 Å². The van der Waals surface area contributed by atoms with E-state index in [9.17, 15) is 27.1 Å². The Labute approximate surface area is 209 Å². The molecule has 1 aliphatic carbocycles. The fourth-order valence-electron chi connectivity index (χ4n) is 4.95. The first-order valence-electron chi connectivity index (χ1n) is 11.2. The lowest BCUT2D eigenvalue weighted by molar-refractivity contribution is 0.142. The lowest BCUT2D eigenvalue weighted by atomic mass is 9.72. The molecule has 11 heteroatoms. The zero-order valence-electron chi connectivity index (χ0n) is 19.9. The van der Waals surface area contributed by atoms with Gasteiger partial charge >= 0.3 is 23.7 Å². The molecule has 3 N–H and O–H groups in total. The Kier molecular flexibility index (Phi) is 7.08. The van der Waals surface area contributed by atoms with Crippen LogP contribution >= 0.6 is 0 Å². The number of carbonyl (C=O) groups excluding carboxylic acids is 1. The average Bonchev–Trinajstić information content (AvgIpc) is 3.13. The number of nitrogens with one attached hydrogen (secondary N) is 1. The van der Waals surface area contributed by atoms with Crippen LogP contribution < -0.4 is 15.0 Å². The van der Waals surface area contributed by atoms with Crippen LogP contribution in [0.3, 0.4) is 0 Å². The Balaban J connectivity index is 1.53. The first kappa shape index (κ1) is 25.7. The molecule has 1 aliphatic rings. The van der Waals surface area contributed by atoms with Gasteiger partial charge in [-0.15, -0.1) is 0 Å². The van der Waals surface area contributed by atoms with E-state index in [1.807, 2.05) is 48.5 Å². The van der Waals surface area contributed by atoms with Crippen LogP contribution in [-0.4, -0.2) is 38.3 Å². The number of carbonyl (C=O) groups is 1. The van der Waals surface area contributed by atoms with Gasteiger partial charge in [0.2, 0.25) is 0 Å². The van der Waals surface area contributed by atoms with E-state index >= 15 is 0 Å². The molecule has 3 aromatic carbocycles. The highest BCUT2D eigenvalue weighted by Gasteiger charge is 2.30. The largest absolute Gasteiger partial charge is 0.489 e. The van der Waals surface area contributed by atoms with Gasteiger partial charge in [0, 0.05) is 12.5 Å². The average molecular weight is 513 g/mol. The molecule has 0 unspecified atom stereocenters. The van der Waals surface area contributed by atoms with Crippen LogP contribution in [0, 0.1) is 20.8 Å². The molecule has 1 amide bonds. The maximum Gasteiger partial charge on any atom is 0.489 e. The zero-order valence-corrected chi connectivity index (χ0v) is 20.7. The molecule has 0 radical (unpaired) electrons. The molecule has 0 saturated heterocycles. The molecular weight excluding hydrogens is 488 g/mol. The zero-order chi connectivity index (χ0) is 26.2. The molecule has 0 spiro atoms. The van der Waals surface area contributed by atoms with E-state index in [-0.39, 0.29) is 41.4 Å². The normalized spacial score (nSPS) is 12.6. The van der Waals surface area contributed by atoms with Gasteiger partial charge in [0.15, 0.2) is 5.75 Å². The molecule has 3 aromatic rings. The highest BCUT2D eigenvalue weighted by molar-refractivity contribution is 7.81. The highest BCUT2D eigenvalue weighted by Crippen LogP contribution is 2.44. The quantitative estimate of drug-likeness (QED) is 0.328. The third-order valence-electron chi connectivity index (χ3n) is 6.59. The minimum atomic E-state index is -5.37. The first-order valence-corrected chi connectivity index (χ1v) is 12.5. The number of amides is 1. The van der Waals surface area contributed by atoms with Gasteiger partial charge in [-0.1, -0.05) is 52.4 Å². The second kappa shape index (κ2) is 9.92. The van der Waals surface area contributed by atoms with Crippen molar-refractivity contribution in [1.82, 2.24) is 5.32 Å². The summed E-state index contributed by atoms with van der Waals surface area (Å²) in [5.41, 5.74) is 5.31. The lowest BCUT2D eigenvalue weighted by Gasteiger charge is -2.21. The van der Waals surface area contributed by atoms with Crippen LogP contribution in [0.15, 0.2) is 48.5 Å². The summed E-state index contributed by atoms with van der Waals surface area (Å²) >= 11 is 0. The van der Waals surface area contributed by atoms with Crippen LogP contribution in [0.5, 0.6) is 5.75 Å². The number of hydrogen-bond acceptors (Lipinski definition) is 7. The van der Waals surface area contributed by atoms with Crippen LogP contribution in [0.2, 0.25) is 0 Å². The van der Waals surface area contributed by atoms with Crippen molar-refractivity contribution in [2.75, 3.05) is 6.61 Å². The maximum absolute atomic E-state index is 13.3. The van der Waals surface area contributed by atoms with Gasteiger partial charge in [-0.2, -0.15) is 8.42 Å². The van der Waals surface area contributed by atoms with Gasteiger partial charge in [0.25, 0.3) is 0 Å². The van der Waals surface area contributed by atoms with Gasteiger partial charge < -0.3 is 24.3 Å². The summed E-state index contributed by atoms with van der Waals surface area (Å²) in [5.74, 6) is -0.493. The SMILES string of the molecule is Cc1c(CNC(=O)OCC2c3ccccc3-c3ccccc32)c(C)c(B(O)O)c(C)c1OS(=O)(=O)F. The summed E-state index contributed by atoms with van der Waals surface area (Å²) in [7, 11) is -7.34. The standard InChI is InChI=1S/C25H25BFNO7S/c1-14-21(15(2)24(35-36(27,32)33)16(3)23(14)26(30)31)12-28-25(29)34-13-22-19-10-6-4-8-17(19)18-9-5-7-11-20(18)22/h4-11,22,30-31H,12-13H2,1-3H3,(H,28,29). The number of halogens is 1. The number of alkyl carbamates (subject to hydrolysis) is 1. The number of benzene rings is 3. The minimum absolute atomic E-state index is 0.0383. The third-order valence-corrected chi connectivity index (χ3v) is 6.95. The summed E-state index contributed by atoms with van der Waals surface area (Å²) in [6, 6.07) is 15.9. The molecule has 0 bridgehead atoms. The Hall–Kier alpha value is -3.41. The molecule has 0 heterocycles. The summed E-state index contributed by atoms with van der Waals surface area (Å²) in [5, 5.41) is 22.2. The summed E-state index contributed by atoms with van der Waals surface area (Å²) in [6.45, 7) is 4.41. The van der Waals surface area contributed by atoms with Crippen molar-refractivity contribution in [2.24, 2.45) is 0 Å². The molecule has 0 aliphatic heterocycles. The van der Waals surface area contributed by atoms with E-state index in [0.717, 1.165) is 22.3 Å². The van der Waals surface area contributed by atoms with E-state index in [4.69, 9.17) is 4.74 Å². The number of ether oxygens (including phenoxy) is 1. The van der Waals surface area contributed by atoms with Crippen molar-refractivity contribution < 1.29 is 36.1 Å². The topological polar surface area (TPSA) is 122 Å². The molecule has 36 heavy (non-hydrogen) atoms. The Morgan fingerprint density at radius 2 is 1.53 bits per heavy atom. The summed E-state index contributed by atoms with van der Waals surface area (Å²) < 4.78 is 45.6. The van der Waals surface area contributed by atoms with Gasteiger partial charge in [-0.25, -0.2) is 4.79 Å². The van der Waals surface area contributed by atoms with Crippen molar-refractivity contribution in [3.8, 4) is 16.9 Å². The molecule has 8 nitrogen and oxygen atoms in total. The van der Waals surface area contributed by atoms with Crippen molar-refractivity contribution in [1.29, 1.82) is 0 Å². The van der Waals surface area contributed by atoms with Crippen molar-refractivity contribution in [3.05, 3.63) is 81.9 Å². The monoisotopic (exact) mass is 513 g/mol. The van der Waals surface area contributed by atoms with Crippen LogP contribution in [0.4, 0.5) is 8.68 Å². The van der Waals surface area contributed by atoms with Gasteiger partial charge in [0.1, 0.15) is 6.61 Å². The predicted octanol–water partition coefficient (Wildman–Crippen LogP) is 2.92. The van der Waals surface area contributed by atoms with Crippen LogP contribution in [0.1, 0.15) is 39.3 Å². The van der Waals surface area contributed by atoms with Crippen LogP contribution in [-0.2, 0) is 21.8 Å². The van der Waals surface area contributed by atoms with Crippen molar-refractivity contribution >= 4 is 29.2 Å². The second-order valence-electron chi connectivity index (χ2n) is 8.63. The van der Waals surface area contributed by atoms with E-state index in [1.165, 1.54) is 13.8 Å². The summed E-state index contributed by atoms with van der Waals surface area (Å²) in [4.78, 5) is 12.6. The molecule has 188 valence electrons. The predicted molar refractivity (Wildman–Crippen MR) is 133 cm³/mol. The molecule has 4 rings (SSSR count). The first-order chi connectivity index (χ1) is 17.0. The Morgan fingerprint density at radius 3 is 2.06 bits per heavy atom. The Bertz CT molecular complexity index is 1400. The van der Waals surface area contributed by atoms with Crippen molar-refractivity contribution in [3.63, 3.8) is 0 Å². The maximum atomic E-state index is 13.3. The van der Waals surface area contributed by atoms with Gasteiger partial charge in [-0.05, 0) is 70.7 Å². The molecule has 0 atom stereocenters. The molecule has 0 fully saturated rings. The van der Waals surface area contributed by atoms with Crippen molar-refractivity contribution in [2.45, 2.75) is 33.2 Å². The third kappa shape index (κ3) is 4.95. The fraction of sp³-hybridized carbons (Fsp3) is 0.240. The number of rotatable bonds is 7. The molecule has 0 saturated carbocycles. The fourth-order valence-corrected chi connectivity index (χ4v) is 5.40. The van der Waals surface area contributed by atoms with Gasteiger partial charge in [0.05, 0.1) is 0 Å². The van der Waals surface area contributed by atoms with E-state index in [2.05, 4.69) is 9.50 Å². The highest BCUT2D eigenvalue weighted by atomic mass is 32.3. The van der Waals surface area contributed by atoms with Gasteiger partial charge in [-0.3, -0.25) is 0 Å². The van der Waals surface area contributed by atoms with Crippen LogP contribution in [0.25, 0.3) is 11.1 Å². The smallest absolute Gasteiger partial charge is 0.449 e. The number of hydrogen-bond donors (Lipinski definition) is 3. The number of fused-ring (bicyclic) bond motifs is 3. The van der Waals surface area contributed by atoms with E-state index < -0.39 is 23.7 Å². The second-order valence-corrected chi connectivity index (χ2v) is 9.58. The van der Waals surface area contributed by atoms with E-state index in [1.54, 1.807) is 6.92 Å². The molecular formula is C25H25BFNO7S. The lowest BCUT2D eigenvalue weighted by Crippen LogP contribution is -2.37. The minimum Gasteiger partial charge on any atom is -0.449 e. The molecule has 0 aromatic heterocycles. The summed E-state index contributed by atoms with van der Waals surface area (Å²) in [6.07, 6.45) is -0.720. The Morgan fingerprint density at radius 1 is 0.972 bits per heavy atom.